The van der Waals surface area contributed by atoms with Crippen molar-refractivity contribution < 1.29 is 8.42 Å². The normalized spacial score (nSPS) is 18.9. The lowest BCUT2D eigenvalue weighted by Gasteiger charge is -2.33. The first kappa shape index (κ1) is 17.9. The van der Waals surface area contributed by atoms with Crippen LogP contribution >= 0.6 is 0 Å². The quantitative estimate of drug-likeness (QED) is 0.814. The minimum absolute atomic E-state index is 0.264. The number of nitrogens with zero attached hydrogens (tertiary/aromatic N) is 1. The van der Waals surface area contributed by atoms with Crippen molar-refractivity contribution in [1.29, 1.82) is 0 Å². The van der Waals surface area contributed by atoms with Crippen molar-refractivity contribution in [1.82, 2.24) is 10.2 Å². The molecule has 0 bridgehead atoms. The van der Waals surface area contributed by atoms with Gasteiger partial charge in [0, 0.05) is 19.1 Å². The molecular weight excluding hydrogens is 272 g/mol. The van der Waals surface area contributed by atoms with Crippen molar-refractivity contribution in [3.63, 3.8) is 0 Å². The van der Waals surface area contributed by atoms with Gasteiger partial charge >= 0.3 is 0 Å². The average Bonchev–Trinajstić information content (AvgIpc) is 2.34. The molecule has 0 atom stereocenters. The Balaban J connectivity index is 2.55. The summed E-state index contributed by atoms with van der Waals surface area (Å²) >= 11 is 0. The lowest BCUT2D eigenvalue weighted by atomic mass is 9.97. The highest BCUT2D eigenvalue weighted by Crippen LogP contribution is 2.18. The smallest absolute Gasteiger partial charge is 0.156 e. The number of piperidine rings is 1. The van der Waals surface area contributed by atoms with E-state index in [1.54, 1.807) is 20.8 Å². The first-order chi connectivity index (χ1) is 9.13. The van der Waals surface area contributed by atoms with Crippen molar-refractivity contribution in [2.75, 3.05) is 31.9 Å². The summed E-state index contributed by atoms with van der Waals surface area (Å²) in [7, 11) is -3.02. The fourth-order valence-corrected chi connectivity index (χ4v) is 3.59. The van der Waals surface area contributed by atoms with Gasteiger partial charge in [0.1, 0.15) is 0 Å². The molecule has 4 nitrogen and oxygen atoms in total. The van der Waals surface area contributed by atoms with E-state index in [9.17, 15) is 8.42 Å². The van der Waals surface area contributed by atoms with E-state index in [0.717, 1.165) is 19.6 Å². The Kier molecular flexibility index (Phi) is 6.48. The predicted molar refractivity (Wildman–Crippen MR) is 85.8 cm³/mol. The standard InChI is InChI=1S/C15H32N2O2S/c1-13(2)17(12-14-6-8-16-9-7-14)10-11-20(18,19)15(3,4)5/h13-14,16H,6-12H2,1-5H3. The summed E-state index contributed by atoms with van der Waals surface area (Å²) in [4.78, 5) is 2.33. The molecule has 5 heteroatoms. The molecule has 1 heterocycles. The molecule has 0 aromatic heterocycles. The minimum Gasteiger partial charge on any atom is -0.317 e. The van der Waals surface area contributed by atoms with Gasteiger partial charge < -0.3 is 5.32 Å². The molecule has 1 rings (SSSR count). The van der Waals surface area contributed by atoms with Gasteiger partial charge in [0.25, 0.3) is 0 Å². The van der Waals surface area contributed by atoms with Crippen LogP contribution in [-0.2, 0) is 9.84 Å². The molecule has 0 aromatic rings. The molecule has 1 N–H and O–H groups in total. The van der Waals surface area contributed by atoms with Gasteiger partial charge in [-0.2, -0.15) is 0 Å². The number of sulfone groups is 1. The van der Waals surface area contributed by atoms with Gasteiger partial charge in [0.05, 0.1) is 10.5 Å². The molecular formula is C15H32N2O2S. The van der Waals surface area contributed by atoms with Gasteiger partial charge in [0.15, 0.2) is 9.84 Å². The molecule has 0 unspecified atom stereocenters. The van der Waals surface area contributed by atoms with E-state index in [2.05, 4.69) is 24.1 Å². The Morgan fingerprint density at radius 2 is 1.75 bits per heavy atom. The van der Waals surface area contributed by atoms with Crippen molar-refractivity contribution >= 4 is 9.84 Å². The van der Waals surface area contributed by atoms with Crippen LogP contribution in [-0.4, -0.2) is 56.0 Å². The van der Waals surface area contributed by atoms with Crippen LogP contribution in [0.25, 0.3) is 0 Å². The monoisotopic (exact) mass is 304 g/mol. The van der Waals surface area contributed by atoms with Crippen LogP contribution in [0.1, 0.15) is 47.5 Å². The lowest BCUT2D eigenvalue weighted by molar-refractivity contribution is 0.178. The van der Waals surface area contributed by atoms with E-state index >= 15 is 0 Å². The molecule has 0 amide bonds. The van der Waals surface area contributed by atoms with E-state index in [4.69, 9.17) is 0 Å². The zero-order valence-electron chi connectivity index (χ0n) is 13.8. The predicted octanol–water partition coefficient (Wildman–Crippen LogP) is 1.91. The van der Waals surface area contributed by atoms with Crippen LogP contribution in [0, 0.1) is 5.92 Å². The Morgan fingerprint density at radius 1 is 1.20 bits per heavy atom. The Hall–Kier alpha value is -0.130. The Morgan fingerprint density at radius 3 is 2.20 bits per heavy atom. The maximum absolute atomic E-state index is 12.2. The second-order valence-electron chi connectivity index (χ2n) is 7.21. The topological polar surface area (TPSA) is 49.4 Å². The van der Waals surface area contributed by atoms with Crippen LogP contribution in [0.2, 0.25) is 0 Å². The third-order valence-corrected chi connectivity index (χ3v) is 6.85. The lowest BCUT2D eigenvalue weighted by Crippen LogP contribution is -2.43. The molecule has 120 valence electrons. The van der Waals surface area contributed by atoms with E-state index in [1.165, 1.54) is 12.8 Å². The molecule has 0 saturated carbocycles. The van der Waals surface area contributed by atoms with Crippen molar-refractivity contribution in [3.05, 3.63) is 0 Å². The summed E-state index contributed by atoms with van der Waals surface area (Å²) in [5, 5.41) is 3.38. The highest BCUT2D eigenvalue weighted by Gasteiger charge is 2.29. The summed E-state index contributed by atoms with van der Waals surface area (Å²) in [6.45, 7) is 13.5. The van der Waals surface area contributed by atoms with Crippen molar-refractivity contribution in [2.45, 2.75) is 58.2 Å². The Bertz CT molecular complexity index is 379. The SMILES string of the molecule is CC(C)N(CCS(=O)(=O)C(C)(C)C)CC1CCNCC1. The molecule has 1 fully saturated rings. The highest BCUT2D eigenvalue weighted by atomic mass is 32.2. The van der Waals surface area contributed by atoms with Crippen LogP contribution in [0.15, 0.2) is 0 Å². The third kappa shape index (κ3) is 5.34. The molecule has 0 aliphatic carbocycles. The zero-order valence-corrected chi connectivity index (χ0v) is 14.6. The van der Waals surface area contributed by atoms with E-state index in [0.29, 0.717) is 18.5 Å². The molecule has 1 aliphatic rings. The van der Waals surface area contributed by atoms with Crippen molar-refractivity contribution in [3.8, 4) is 0 Å². The summed E-state index contributed by atoms with van der Waals surface area (Å²) < 4.78 is 23.8. The average molecular weight is 305 g/mol. The number of rotatable bonds is 6. The molecule has 0 radical (unpaired) electrons. The van der Waals surface area contributed by atoms with Gasteiger partial charge in [-0.05, 0) is 66.5 Å². The first-order valence-electron chi connectivity index (χ1n) is 7.80. The van der Waals surface area contributed by atoms with E-state index in [-0.39, 0.29) is 5.75 Å². The number of hydrogen-bond donors (Lipinski definition) is 1. The van der Waals surface area contributed by atoms with Crippen molar-refractivity contribution in [2.24, 2.45) is 5.92 Å². The van der Waals surface area contributed by atoms with Gasteiger partial charge in [-0.1, -0.05) is 0 Å². The summed E-state index contributed by atoms with van der Waals surface area (Å²) in [5.41, 5.74) is 0. The molecule has 0 aromatic carbocycles. The van der Waals surface area contributed by atoms with Gasteiger partial charge in [-0.25, -0.2) is 8.42 Å². The number of nitrogens with one attached hydrogen (secondary N) is 1. The third-order valence-electron chi connectivity index (χ3n) is 4.26. The maximum atomic E-state index is 12.2. The van der Waals surface area contributed by atoms with Crippen LogP contribution in [0.5, 0.6) is 0 Å². The van der Waals surface area contributed by atoms with Gasteiger partial charge in [-0.15, -0.1) is 0 Å². The van der Waals surface area contributed by atoms with Crippen LogP contribution < -0.4 is 5.32 Å². The van der Waals surface area contributed by atoms with Crippen LogP contribution in [0.4, 0.5) is 0 Å². The van der Waals surface area contributed by atoms with E-state index < -0.39 is 14.6 Å². The van der Waals surface area contributed by atoms with Crippen LogP contribution in [0.3, 0.4) is 0 Å². The van der Waals surface area contributed by atoms with Gasteiger partial charge in [-0.3, -0.25) is 4.90 Å². The van der Waals surface area contributed by atoms with Gasteiger partial charge in [0.2, 0.25) is 0 Å². The number of hydrogen-bond acceptors (Lipinski definition) is 4. The highest BCUT2D eigenvalue weighted by molar-refractivity contribution is 7.92. The second-order valence-corrected chi connectivity index (χ2v) is 10.1. The fourth-order valence-electron chi connectivity index (χ4n) is 2.50. The minimum atomic E-state index is -3.02. The Labute approximate surface area is 125 Å². The second kappa shape index (κ2) is 7.23. The molecule has 0 spiro atoms. The molecule has 1 saturated heterocycles. The summed E-state index contributed by atoms with van der Waals surface area (Å²) in [6, 6.07) is 0.403. The molecule has 20 heavy (non-hydrogen) atoms. The first-order valence-corrected chi connectivity index (χ1v) is 9.46. The largest absolute Gasteiger partial charge is 0.317 e. The fraction of sp³-hybridized carbons (Fsp3) is 1.00. The maximum Gasteiger partial charge on any atom is 0.156 e. The summed E-state index contributed by atoms with van der Waals surface area (Å²) in [5.74, 6) is 0.968. The molecule has 1 aliphatic heterocycles. The van der Waals surface area contributed by atoms with E-state index in [1.807, 2.05) is 0 Å². The summed E-state index contributed by atoms with van der Waals surface area (Å²) in [6.07, 6.45) is 2.41. The zero-order chi connectivity index (χ0) is 15.4.